The Labute approximate surface area is 118 Å². The summed E-state index contributed by atoms with van der Waals surface area (Å²) in [5.41, 5.74) is 3.20. The summed E-state index contributed by atoms with van der Waals surface area (Å²) < 4.78 is 0. The van der Waals surface area contributed by atoms with Gasteiger partial charge in [-0.15, -0.1) is 0 Å². The van der Waals surface area contributed by atoms with Gasteiger partial charge in [-0.2, -0.15) is 0 Å². The molecule has 1 aliphatic heterocycles. The van der Waals surface area contributed by atoms with E-state index in [4.69, 9.17) is 0 Å². The summed E-state index contributed by atoms with van der Waals surface area (Å²) in [4.78, 5) is 2.53. The molecule has 0 amide bonds. The van der Waals surface area contributed by atoms with Gasteiger partial charge in [-0.3, -0.25) is 0 Å². The zero-order valence-corrected chi connectivity index (χ0v) is 12.9. The molecule has 1 aromatic rings. The number of anilines is 1. The smallest absolute Gasteiger partial charge is 0.0366 e. The molecule has 0 spiro atoms. The van der Waals surface area contributed by atoms with Crippen LogP contribution in [0, 0.1) is 11.3 Å². The first kappa shape index (κ1) is 14.4. The van der Waals surface area contributed by atoms with Gasteiger partial charge in [0.05, 0.1) is 0 Å². The van der Waals surface area contributed by atoms with Gasteiger partial charge in [-0.25, -0.2) is 0 Å². The van der Waals surface area contributed by atoms with Gasteiger partial charge < -0.3 is 10.2 Å². The van der Waals surface area contributed by atoms with Crippen molar-refractivity contribution in [2.45, 2.75) is 40.2 Å². The van der Waals surface area contributed by atoms with Crippen molar-refractivity contribution in [1.29, 1.82) is 0 Å². The van der Waals surface area contributed by atoms with Gasteiger partial charge in [-0.05, 0) is 48.9 Å². The van der Waals surface area contributed by atoms with Crippen LogP contribution in [0.15, 0.2) is 24.3 Å². The van der Waals surface area contributed by atoms with Crippen molar-refractivity contribution in [3.8, 4) is 0 Å². The van der Waals surface area contributed by atoms with Crippen LogP contribution in [0.5, 0.6) is 0 Å². The standard InChI is InChI=1S/C17H28N2/c1-17(2,3)15-9-11-19(12-10-15)16-7-5-14(6-8-16)13-18-4/h5-8,15,18H,9-13H2,1-4H3. The second-order valence-electron chi connectivity index (χ2n) is 6.82. The molecule has 0 radical (unpaired) electrons. The first-order valence-corrected chi connectivity index (χ1v) is 7.49. The third kappa shape index (κ3) is 3.73. The van der Waals surface area contributed by atoms with Crippen LogP contribution in [0.25, 0.3) is 0 Å². The Morgan fingerprint density at radius 1 is 1.11 bits per heavy atom. The molecule has 0 aromatic heterocycles. The SMILES string of the molecule is CNCc1ccc(N2CCC(C(C)(C)C)CC2)cc1. The van der Waals surface area contributed by atoms with E-state index in [9.17, 15) is 0 Å². The van der Waals surface area contributed by atoms with Crippen LogP contribution >= 0.6 is 0 Å². The van der Waals surface area contributed by atoms with Gasteiger partial charge in [-0.1, -0.05) is 32.9 Å². The average molecular weight is 260 g/mol. The molecule has 0 aliphatic carbocycles. The van der Waals surface area contributed by atoms with Crippen molar-refractivity contribution >= 4 is 5.69 Å². The fraction of sp³-hybridized carbons (Fsp3) is 0.647. The second kappa shape index (κ2) is 5.96. The lowest BCUT2D eigenvalue weighted by atomic mass is 9.75. The summed E-state index contributed by atoms with van der Waals surface area (Å²) in [6, 6.07) is 9.01. The summed E-state index contributed by atoms with van der Waals surface area (Å²) >= 11 is 0. The van der Waals surface area contributed by atoms with Crippen LogP contribution in [0.1, 0.15) is 39.2 Å². The third-order valence-electron chi connectivity index (χ3n) is 4.40. The number of piperidine rings is 1. The quantitative estimate of drug-likeness (QED) is 0.892. The Bertz CT molecular complexity index is 381. The number of rotatable bonds is 3. The van der Waals surface area contributed by atoms with Crippen molar-refractivity contribution in [2.75, 3.05) is 25.0 Å². The molecule has 0 atom stereocenters. The fourth-order valence-corrected chi connectivity index (χ4v) is 3.03. The van der Waals surface area contributed by atoms with E-state index in [2.05, 4.69) is 55.3 Å². The van der Waals surface area contributed by atoms with E-state index < -0.39 is 0 Å². The number of benzene rings is 1. The van der Waals surface area contributed by atoms with Crippen molar-refractivity contribution in [2.24, 2.45) is 11.3 Å². The van der Waals surface area contributed by atoms with E-state index in [1.807, 2.05) is 7.05 Å². The Morgan fingerprint density at radius 2 is 1.68 bits per heavy atom. The lowest BCUT2D eigenvalue weighted by Crippen LogP contribution is -2.38. The maximum atomic E-state index is 3.19. The number of nitrogens with zero attached hydrogens (tertiary/aromatic N) is 1. The molecule has 1 heterocycles. The summed E-state index contributed by atoms with van der Waals surface area (Å²) in [6.07, 6.45) is 2.64. The van der Waals surface area contributed by atoms with Crippen LogP contribution in [0.4, 0.5) is 5.69 Å². The normalized spacial score (nSPS) is 17.8. The van der Waals surface area contributed by atoms with Crippen molar-refractivity contribution in [3.05, 3.63) is 29.8 Å². The molecular formula is C17H28N2. The molecule has 2 nitrogen and oxygen atoms in total. The topological polar surface area (TPSA) is 15.3 Å². The first-order valence-electron chi connectivity index (χ1n) is 7.49. The van der Waals surface area contributed by atoms with E-state index in [0.717, 1.165) is 12.5 Å². The zero-order valence-electron chi connectivity index (χ0n) is 12.9. The molecular weight excluding hydrogens is 232 g/mol. The molecule has 0 bridgehead atoms. The van der Waals surface area contributed by atoms with Crippen LogP contribution in [-0.2, 0) is 6.54 Å². The largest absolute Gasteiger partial charge is 0.372 e. The van der Waals surface area contributed by atoms with Crippen LogP contribution < -0.4 is 10.2 Å². The lowest BCUT2D eigenvalue weighted by molar-refractivity contribution is 0.199. The van der Waals surface area contributed by atoms with Gasteiger partial charge in [0.1, 0.15) is 0 Å². The Balaban J connectivity index is 1.94. The van der Waals surface area contributed by atoms with Crippen LogP contribution in [0.2, 0.25) is 0 Å². The Hall–Kier alpha value is -1.02. The fourth-order valence-electron chi connectivity index (χ4n) is 3.03. The second-order valence-corrected chi connectivity index (χ2v) is 6.82. The van der Waals surface area contributed by atoms with Crippen molar-refractivity contribution in [1.82, 2.24) is 5.32 Å². The zero-order chi connectivity index (χ0) is 13.9. The maximum absolute atomic E-state index is 3.19. The summed E-state index contributed by atoms with van der Waals surface area (Å²) in [7, 11) is 1.99. The molecule has 0 saturated carbocycles. The lowest BCUT2D eigenvalue weighted by Gasteiger charge is -2.39. The molecule has 19 heavy (non-hydrogen) atoms. The molecule has 106 valence electrons. The van der Waals surface area contributed by atoms with Gasteiger partial charge >= 0.3 is 0 Å². The number of nitrogens with one attached hydrogen (secondary N) is 1. The molecule has 2 heteroatoms. The highest BCUT2D eigenvalue weighted by Gasteiger charge is 2.28. The molecule has 1 aromatic carbocycles. The Morgan fingerprint density at radius 3 is 2.16 bits per heavy atom. The molecule has 2 rings (SSSR count). The van der Waals surface area contributed by atoms with Gasteiger partial charge in [0.15, 0.2) is 0 Å². The van der Waals surface area contributed by atoms with E-state index in [1.165, 1.54) is 37.2 Å². The third-order valence-corrected chi connectivity index (χ3v) is 4.40. The van der Waals surface area contributed by atoms with E-state index in [0.29, 0.717) is 5.41 Å². The molecule has 1 saturated heterocycles. The molecule has 1 aliphatic rings. The van der Waals surface area contributed by atoms with Gasteiger partial charge in [0.2, 0.25) is 0 Å². The van der Waals surface area contributed by atoms with Crippen LogP contribution in [-0.4, -0.2) is 20.1 Å². The number of hydrogen-bond donors (Lipinski definition) is 1. The monoisotopic (exact) mass is 260 g/mol. The van der Waals surface area contributed by atoms with Crippen molar-refractivity contribution in [3.63, 3.8) is 0 Å². The minimum absolute atomic E-state index is 0.461. The summed E-state index contributed by atoms with van der Waals surface area (Å²) in [5, 5.41) is 3.19. The maximum Gasteiger partial charge on any atom is 0.0366 e. The summed E-state index contributed by atoms with van der Waals surface area (Å²) in [5.74, 6) is 0.868. The highest BCUT2D eigenvalue weighted by atomic mass is 15.1. The summed E-state index contributed by atoms with van der Waals surface area (Å²) in [6.45, 7) is 10.5. The highest BCUT2D eigenvalue weighted by molar-refractivity contribution is 5.48. The minimum Gasteiger partial charge on any atom is -0.372 e. The van der Waals surface area contributed by atoms with E-state index >= 15 is 0 Å². The predicted molar refractivity (Wildman–Crippen MR) is 83.6 cm³/mol. The molecule has 0 unspecified atom stereocenters. The predicted octanol–water partition coefficient (Wildman–Crippen LogP) is 3.67. The average Bonchev–Trinajstić information content (AvgIpc) is 2.39. The first-order chi connectivity index (χ1) is 9.00. The Kier molecular flexibility index (Phi) is 4.51. The van der Waals surface area contributed by atoms with Crippen molar-refractivity contribution < 1.29 is 0 Å². The van der Waals surface area contributed by atoms with E-state index in [-0.39, 0.29) is 0 Å². The minimum atomic E-state index is 0.461. The van der Waals surface area contributed by atoms with Gasteiger partial charge in [0, 0.05) is 25.3 Å². The number of hydrogen-bond acceptors (Lipinski definition) is 2. The van der Waals surface area contributed by atoms with Gasteiger partial charge in [0.25, 0.3) is 0 Å². The molecule has 1 fully saturated rings. The van der Waals surface area contributed by atoms with E-state index in [1.54, 1.807) is 0 Å². The van der Waals surface area contributed by atoms with Crippen LogP contribution in [0.3, 0.4) is 0 Å². The highest BCUT2D eigenvalue weighted by Crippen LogP contribution is 2.35. The molecule has 1 N–H and O–H groups in total.